The summed E-state index contributed by atoms with van der Waals surface area (Å²) >= 11 is 0. The minimum atomic E-state index is 0.312. The quantitative estimate of drug-likeness (QED) is 0.471. The summed E-state index contributed by atoms with van der Waals surface area (Å²) < 4.78 is 10.7. The summed E-state index contributed by atoms with van der Waals surface area (Å²) in [5, 5.41) is 6.37. The molecule has 0 unspecified atom stereocenters. The maximum atomic E-state index is 5.36. The van der Waals surface area contributed by atoms with Gasteiger partial charge in [-0.05, 0) is 31.0 Å². The van der Waals surface area contributed by atoms with Crippen LogP contribution in [0, 0.1) is 0 Å². The second-order valence-corrected chi connectivity index (χ2v) is 4.37. The molecule has 0 aliphatic carbocycles. The van der Waals surface area contributed by atoms with Gasteiger partial charge in [0.2, 0.25) is 6.79 Å². The highest BCUT2D eigenvalue weighted by atomic mass is 16.7. The molecule has 1 heterocycles. The fourth-order valence-corrected chi connectivity index (χ4v) is 1.90. The second-order valence-electron chi connectivity index (χ2n) is 4.37. The number of nitrogens with one attached hydrogen (secondary N) is 2. The average Bonchev–Trinajstić information content (AvgIpc) is 2.92. The zero-order valence-corrected chi connectivity index (χ0v) is 11.8. The van der Waals surface area contributed by atoms with E-state index < -0.39 is 0 Å². The van der Waals surface area contributed by atoms with Crippen molar-refractivity contribution in [1.82, 2.24) is 10.6 Å². The molecule has 2 rings (SSSR count). The Morgan fingerprint density at radius 2 is 2.20 bits per heavy atom. The normalized spacial score (nSPS) is 13.2. The lowest BCUT2D eigenvalue weighted by Crippen LogP contribution is -2.37. The SMILES string of the molecule is C=CCNC(=NCCc1ccc2c(c1)OCO2)NCC. The van der Waals surface area contributed by atoms with Gasteiger partial charge in [-0.2, -0.15) is 0 Å². The number of nitrogens with zero attached hydrogens (tertiary/aromatic N) is 1. The Balaban J connectivity index is 1.88. The maximum Gasteiger partial charge on any atom is 0.231 e. The average molecular weight is 275 g/mol. The fourth-order valence-electron chi connectivity index (χ4n) is 1.90. The van der Waals surface area contributed by atoms with E-state index in [0.717, 1.165) is 30.4 Å². The van der Waals surface area contributed by atoms with Crippen molar-refractivity contribution in [2.45, 2.75) is 13.3 Å². The summed E-state index contributed by atoms with van der Waals surface area (Å²) in [7, 11) is 0. The van der Waals surface area contributed by atoms with Crippen LogP contribution in [-0.2, 0) is 6.42 Å². The molecule has 0 spiro atoms. The highest BCUT2D eigenvalue weighted by Gasteiger charge is 2.12. The van der Waals surface area contributed by atoms with Crippen LogP contribution < -0.4 is 20.1 Å². The number of fused-ring (bicyclic) bond motifs is 1. The van der Waals surface area contributed by atoms with Crippen LogP contribution >= 0.6 is 0 Å². The lowest BCUT2D eigenvalue weighted by atomic mass is 10.1. The smallest absolute Gasteiger partial charge is 0.231 e. The van der Waals surface area contributed by atoms with Crippen LogP contribution in [0.5, 0.6) is 11.5 Å². The Labute approximate surface area is 119 Å². The molecule has 0 bridgehead atoms. The van der Waals surface area contributed by atoms with Crippen LogP contribution in [0.1, 0.15) is 12.5 Å². The van der Waals surface area contributed by atoms with Crippen molar-refractivity contribution in [2.75, 3.05) is 26.4 Å². The Bertz CT molecular complexity index is 486. The molecule has 0 amide bonds. The Hall–Kier alpha value is -2.17. The van der Waals surface area contributed by atoms with Crippen molar-refractivity contribution in [3.05, 3.63) is 36.4 Å². The predicted octanol–water partition coefficient (Wildman–Crippen LogP) is 1.70. The molecular formula is C15H21N3O2. The molecule has 1 aliphatic heterocycles. The number of ether oxygens (including phenoxy) is 2. The maximum absolute atomic E-state index is 5.36. The van der Waals surface area contributed by atoms with Crippen LogP contribution in [0.15, 0.2) is 35.8 Å². The molecule has 1 aromatic rings. The van der Waals surface area contributed by atoms with E-state index in [1.54, 1.807) is 0 Å². The first-order valence-corrected chi connectivity index (χ1v) is 6.85. The summed E-state index contributed by atoms with van der Waals surface area (Å²) in [5.74, 6) is 2.45. The summed E-state index contributed by atoms with van der Waals surface area (Å²) in [6.45, 7) is 8.30. The van der Waals surface area contributed by atoms with Crippen LogP contribution in [-0.4, -0.2) is 32.4 Å². The van der Waals surface area contributed by atoms with E-state index in [0.29, 0.717) is 19.9 Å². The van der Waals surface area contributed by atoms with Crippen LogP contribution in [0.2, 0.25) is 0 Å². The van der Waals surface area contributed by atoms with Crippen molar-refractivity contribution in [2.24, 2.45) is 4.99 Å². The third kappa shape index (κ3) is 3.91. The summed E-state index contributed by atoms with van der Waals surface area (Å²) in [6, 6.07) is 6.01. The molecule has 2 N–H and O–H groups in total. The summed E-state index contributed by atoms with van der Waals surface area (Å²) in [4.78, 5) is 4.51. The lowest BCUT2D eigenvalue weighted by molar-refractivity contribution is 0.174. The van der Waals surface area contributed by atoms with Gasteiger partial charge in [0, 0.05) is 19.6 Å². The largest absolute Gasteiger partial charge is 0.454 e. The first kappa shape index (κ1) is 14.2. The Morgan fingerprint density at radius 3 is 3.00 bits per heavy atom. The molecule has 0 radical (unpaired) electrons. The van der Waals surface area contributed by atoms with Gasteiger partial charge in [0.05, 0.1) is 0 Å². The molecule has 0 aromatic heterocycles. The van der Waals surface area contributed by atoms with Crippen molar-refractivity contribution in [1.29, 1.82) is 0 Å². The number of benzene rings is 1. The first-order chi connectivity index (χ1) is 9.83. The van der Waals surface area contributed by atoms with Gasteiger partial charge in [-0.25, -0.2) is 0 Å². The van der Waals surface area contributed by atoms with E-state index in [2.05, 4.69) is 22.2 Å². The van der Waals surface area contributed by atoms with Crippen LogP contribution in [0.4, 0.5) is 0 Å². The van der Waals surface area contributed by atoms with Gasteiger partial charge in [-0.1, -0.05) is 12.1 Å². The summed E-state index contributed by atoms with van der Waals surface area (Å²) in [6.07, 6.45) is 2.67. The number of guanidine groups is 1. The van der Waals surface area contributed by atoms with Gasteiger partial charge >= 0.3 is 0 Å². The highest BCUT2D eigenvalue weighted by molar-refractivity contribution is 5.79. The van der Waals surface area contributed by atoms with Gasteiger partial charge in [0.1, 0.15) is 0 Å². The van der Waals surface area contributed by atoms with Crippen molar-refractivity contribution >= 4 is 5.96 Å². The van der Waals surface area contributed by atoms with E-state index in [-0.39, 0.29) is 0 Å². The second kappa shape index (κ2) is 7.43. The molecule has 0 atom stereocenters. The monoisotopic (exact) mass is 275 g/mol. The molecule has 5 heteroatoms. The van der Waals surface area contributed by atoms with Gasteiger partial charge in [-0.15, -0.1) is 6.58 Å². The minimum absolute atomic E-state index is 0.312. The molecule has 1 aromatic carbocycles. The van der Waals surface area contributed by atoms with Gasteiger partial charge < -0.3 is 20.1 Å². The molecule has 0 saturated carbocycles. The Morgan fingerprint density at radius 1 is 1.35 bits per heavy atom. The van der Waals surface area contributed by atoms with E-state index >= 15 is 0 Å². The van der Waals surface area contributed by atoms with Gasteiger partial charge in [0.15, 0.2) is 17.5 Å². The van der Waals surface area contributed by atoms with Crippen molar-refractivity contribution in [3.8, 4) is 11.5 Å². The third-order valence-corrected chi connectivity index (χ3v) is 2.87. The molecule has 108 valence electrons. The number of aliphatic imine (C=N–C) groups is 1. The molecule has 5 nitrogen and oxygen atoms in total. The predicted molar refractivity (Wildman–Crippen MR) is 80.4 cm³/mol. The number of rotatable bonds is 6. The highest BCUT2D eigenvalue weighted by Crippen LogP contribution is 2.32. The van der Waals surface area contributed by atoms with E-state index in [1.807, 2.05) is 31.2 Å². The van der Waals surface area contributed by atoms with E-state index in [9.17, 15) is 0 Å². The molecular weight excluding hydrogens is 254 g/mol. The molecule has 0 saturated heterocycles. The van der Waals surface area contributed by atoms with Gasteiger partial charge in [-0.3, -0.25) is 4.99 Å². The van der Waals surface area contributed by atoms with Crippen molar-refractivity contribution < 1.29 is 9.47 Å². The summed E-state index contributed by atoms with van der Waals surface area (Å²) in [5.41, 5.74) is 1.19. The zero-order valence-electron chi connectivity index (χ0n) is 11.8. The topological polar surface area (TPSA) is 54.9 Å². The fraction of sp³-hybridized carbons (Fsp3) is 0.400. The van der Waals surface area contributed by atoms with E-state index in [4.69, 9.17) is 9.47 Å². The zero-order chi connectivity index (χ0) is 14.2. The number of hydrogen-bond acceptors (Lipinski definition) is 3. The van der Waals surface area contributed by atoms with Crippen molar-refractivity contribution in [3.63, 3.8) is 0 Å². The van der Waals surface area contributed by atoms with Crippen LogP contribution in [0.25, 0.3) is 0 Å². The van der Waals surface area contributed by atoms with Gasteiger partial charge in [0.25, 0.3) is 0 Å². The standard InChI is InChI=1S/C15H21N3O2/c1-3-8-17-15(16-4-2)18-9-7-12-5-6-13-14(10-12)20-11-19-13/h3,5-6,10H,1,4,7-9,11H2,2H3,(H2,16,17,18). The van der Waals surface area contributed by atoms with E-state index in [1.165, 1.54) is 5.56 Å². The molecule has 1 aliphatic rings. The first-order valence-electron chi connectivity index (χ1n) is 6.85. The minimum Gasteiger partial charge on any atom is -0.454 e. The number of hydrogen-bond donors (Lipinski definition) is 2. The molecule has 0 fully saturated rings. The third-order valence-electron chi connectivity index (χ3n) is 2.87. The lowest BCUT2D eigenvalue weighted by Gasteiger charge is -2.09. The Kier molecular flexibility index (Phi) is 5.29. The molecule has 20 heavy (non-hydrogen) atoms. The van der Waals surface area contributed by atoms with Crippen LogP contribution in [0.3, 0.4) is 0 Å².